The standard InChI is InChI=1S/C20H24O2/c1-14-13-17(11-12-18(14)20(3,4)5)19(21)22-15(2)16-9-7-6-8-10-16/h6-13,15H,1-5H3. The van der Waals surface area contributed by atoms with Gasteiger partial charge in [0.1, 0.15) is 6.10 Å². The number of aryl methyl sites for hydroxylation is 1. The molecule has 0 heterocycles. The number of ether oxygens (including phenoxy) is 1. The number of rotatable bonds is 3. The smallest absolute Gasteiger partial charge is 0.338 e. The van der Waals surface area contributed by atoms with Gasteiger partial charge in [-0.25, -0.2) is 4.79 Å². The Morgan fingerprint density at radius 1 is 1.05 bits per heavy atom. The van der Waals surface area contributed by atoms with Crippen molar-refractivity contribution >= 4 is 5.97 Å². The number of hydrogen-bond acceptors (Lipinski definition) is 2. The van der Waals surface area contributed by atoms with Gasteiger partial charge < -0.3 is 4.74 Å². The van der Waals surface area contributed by atoms with Gasteiger partial charge in [-0.3, -0.25) is 0 Å². The fourth-order valence-electron chi connectivity index (χ4n) is 2.65. The molecule has 2 aromatic rings. The molecular formula is C20H24O2. The third-order valence-electron chi connectivity index (χ3n) is 3.82. The van der Waals surface area contributed by atoms with E-state index < -0.39 is 0 Å². The summed E-state index contributed by atoms with van der Waals surface area (Å²) in [5, 5.41) is 0. The van der Waals surface area contributed by atoms with Gasteiger partial charge in [0, 0.05) is 0 Å². The summed E-state index contributed by atoms with van der Waals surface area (Å²) < 4.78 is 5.56. The van der Waals surface area contributed by atoms with Gasteiger partial charge in [0.15, 0.2) is 0 Å². The molecule has 0 fully saturated rings. The Morgan fingerprint density at radius 2 is 1.68 bits per heavy atom. The fraction of sp³-hybridized carbons (Fsp3) is 0.350. The van der Waals surface area contributed by atoms with Crippen molar-refractivity contribution in [2.45, 2.75) is 46.1 Å². The lowest BCUT2D eigenvalue weighted by atomic mass is 9.83. The second-order valence-corrected chi connectivity index (χ2v) is 6.74. The summed E-state index contributed by atoms with van der Waals surface area (Å²) in [5.74, 6) is -0.278. The molecule has 2 nitrogen and oxygen atoms in total. The molecule has 0 bridgehead atoms. The highest BCUT2D eigenvalue weighted by atomic mass is 16.5. The van der Waals surface area contributed by atoms with Crippen molar-refractivity contribution in [3.8, 4) is 0 Å². The van der Waals surface area contributed by atoms with Gasteiger partial charge in [-0.1, -0.05) is 57.2 Å². The molecule has 0 amide bonds. The molecule has 22 heavy (non-hydrogen) atoms. The quantitative estimate of drug-likeness (QED) is 0.727. The summed E-state index contributed by atoms with van der Waals surface area (Å²) in [6.07, 6.45) is -0.253. The summed E-state index contributed by atoms with van der Waals surface area (Å²) in [6.45, 7) is 10.4. The molecule has 0 aliphatic heterocycles. The normalized spacial score (nSPS) is 12.8. The Morgan fingerprint density at radius 3 is 2.23 bits per heavy atom. The van der Waals surface area contributed by atoms with Crippen LogP contribution in [0.5, 0.6) is 0 Å². The molecule has 2 rings (SSSR count). The molecule has 0 spiro atoms. The number of hydrogen-bond donors (Lipinski definition) is 0. The average molecular weight is 296 g/mol. The van der Waals surface area contributed by atoms with E-state index in [2.05, 4.69) is 20.8 Å². The maximum atomic E-state index is 12.3. The van der Waals surface area contributed by atoms with Crippen LogP contribution in [0.3, 0.4) is 0 Å². The van der Waals surface area contributed by atoms with E-state index in [1.54, 1.807) is 0 Å². The van der Waals surface area contributed by atoms with Crippen LogP contribution in [0.25, 0.3) is 0 Å². The summed E-state index contributed by atoms with van der Waals surface area (Å²) in [5.41, 5.74) is 4.05. The van der Waals surface area contributed by atoms with E-state index in [0.29, 0.717) is 5.56 Å². The first-order chi connectivity index (χ1) is 10.3. The second kappa shape index (κ2) is 6.35. The number of benzene rings is 2. The Balaban J connectivity index is 2.15. The highest BCUT2D eigenvalue weighted by Crippen LogP contribution is 2.27. The molecule has 0 N–H and O–H groups in total. The summed E-state index contributed by atoms with van der Waals surface area (Å²) in [6, 6.07) is 15.6. The van der Waals surface area contributed by atoms with Crippen LogP contribution >= 0.6 is 0 Å². The Labute approximate surface area is 133 Å². The lowest BCUT2D eigenvalue weighted by Crippen LogP contribution is -2.15. The molecule has 0 aliphatic carbocycles. The predicted octanol–water partition coefficient (Wildman–Crippen LogP) is 5.21. The third-order valence-corrected chi connectivity index (χ3v) is 3.82. The Bertz CT molecular complexity index is 651. The molecule has 1 atom stereocenters. The monoisotopic (exact) mass is 296 g/mol. The molecule has 0 aromatic heterocycles. The van der Waals surface area contributed by atoms with Crippen molar-refractivity contribution in [3.63, 3.8) is 0 Å². The number of carbonyl (C=O) groups excluding carboxylic acids is 1. The van der Waals surface area contributed by atoms with Gasteiger partial charge in [0.2, 0.25) is 0 Å². The van der Waals surface area contributed by atoms with E-state index in [1.165, 1.54) is 5.56 Å². The van der Waals surface area contributed by atoms with Crippen LogP contribution in [0, 0.1) is 6.92 Å². The van der Waals surface area contributed by atoms with E-state index in [4.69, 9.17) is 4.74 Å². The SMILES string of the molecule is Cc1cc(C(=O)OC(C)c2ccccc2)ccc1C(C)(C)C. The molecule has 2 aromatic carbocycles. The van der Waals surface area contributed by atoms with Crippen molar-refractivity contribution in [1.82, 2.24) is 0 Å². The minimum absolute atomic E-state index is 0.0733. The minimum atomic E-state index is -0.278. The van der Waals surface area contributed by atoms with Crippen molar-refractivity contribution < 1.29 is 9.53 Å². The first-order valence-electron chi connectivity index (χ1n) is 7.66. The van der Waals surface area contributed by atoms with Crippen LogP contribution in [0.4, 0.5) is 0 Å². The van der Waals surface area contributed by atoms with Crippen molar-refractivity contribution in [1.29, 1.82) is 0 Å². The van der Waals surface area contributed by atoms with Crippen LogP contribution in [0.2, 0.25) is 0 Å². The number of esters is 1. The lowest BCUT2D eigenvalue weighted by molar-refractivity contribution is 0.0337. The third kappa shape index (κ3) is 3.76. The largest absolute Gasteiger partial charge is 0.454 e. The Kier molecular flexibility index (Phi) is 4.70. The molecule has 0 aliphatic rings. The zero-order chi connectivity index (χ0) is 16.3. The van der Waals surface area contributed by atoms with E-state index in [1.807, 2.05) is 62.4 Å². The van der Waals surface area contributed by atoms with Crippen LogP contribution in [-0.2, 0) is 10.2 Å². The fourth-order valence-corrected chi connectivity index (χ4v) is 2.65. The van der Waals surface area contributed by atoms with Crippen molar-refractivity contribution in [2.75, 3.05) is 0 Å². The van der Waals surface area contributed by atoms with Crippen LogP contribution in [0.1, 0.15) is 60.8 Å². The first-order valence-corrected chi connectivity index (χ1v) is 7.66. The van der Waals surface area contributed by atoms with Gasteiger partial charge in [-0.2, -0.15) is 0 Å². The van der Waals surface area contributed by atoms with Gasteiger partial charge in [-0.05, 0) is 48.1 Å². The zero-order valence-corrected chi connectivity index (χ0v) is 14.0. The molecule has 1 unspecified atom stereocenters. The van der Waals surface area contributed by atoms with Gasteiger partial charge >= 0.3 is 5.97 Å². The predicted molar refractivity (Wildman–Crippen MR) is 90.2 cm³/mol. The minimum Gasteiger partial charge on any atom is -0.454 e. The van der Waals surface area contributed by atoms with Crippen LogP contribution < -0.4 is 0 Å². The molecule has 0 saturated heterocycles. The molecule has 0 saturated carbocycles. The molecule has 2 heteroatoms. The summed E-state index contributed by atoms with van der Waals surface area (Å²) in [7, 11) is 0. The van der Waals surface area contributed by atoms with Crippen molar-refractivity contribution in [2.24, 2.45) is 0 Å². The number of carbonyl (C=O) groups is 1. The average Bonchev–Trinajstić information content (AvgIpc) is 2.46. The summed E-state index contributed by atoms with van der Waals surface area (Å²) >= 11 is 0. The zero-order valence-electron chi connectivity index (χ0n) is 14.0. The van der Waals surface area contributed by atoms with Crippen molar-refractivity contribution in [3.05, 3.63) is 70.8 Å². The van der Waals surface area contributed by atoms with E-state index in [0.717, 1.165) is 11.1 Å². The van der Waals surface area contributed by atoms with E-state index in [9.17, 15) is 4.79 Å². The van der Waals surface area contributed by atoms with Gasteiger partial charge in [0.05, 0.1) is 5.56 Å². The maximum absolute atomic E-state index is 12.3. The topological polar surface area (TPSA) is 26.3 Å². The van der Waals surface area contributed by atoms with Crippen LogP contribution in [-0.4, -0.2) is 5.97 Å². The van der Waals surface area contributed by atoms with Gasteiger partial charge in [0.25, 0.3) is 0 Å². The highest BCUT2D eigenvalue weighted by molar-refractivity contribution is 5.90. The molecular weight excluding hydrogens is 272 g/mol. The molecule has 116 valence electrons. The van der Waals surface area contributed by atoms with Gasteiger partial charge in [-0.15, -0.1) is 0 Å². The first kappa shape index (κ1) is 16.3. The van der Waals surface area contributed by atoms with E-state index in [-0.39, 0.29) is 17.5 Å². The second-order valence-electron chi connectivity index (χ2n) is 6.74. The highest BCUT2D eigenvalue weighted by Gasteiger charge is 2.19. The van der Waals surface area contributed by atoms with Crippen LogP contribution in [0.15, 0.2) is 48.5 Å². The summed E-state index contributed by atoms with van der Waals surface area (Å²) in [4.78, 5) is 12.3. The molecule has 0 radical (unpaired) electrons. The van der Waals surface area contributed by atoms with E-state index >= 15 is 0 Å². The maximum Gasteiger partial charge on any atom is 0.338 e. The Hall–Kier alpha value is -2.09. The lowest BCUT2D eigenvalue weighted by Gasteiger charge is -2.22.